The number of methoxy groups -OCH3 is 1. The number of morpholine rings is 1. The molecule has 1 aliphatic carbocycles. The third-order valence-corrected chi connectivity index (χ3v) is 4.01. The van der Waals surface area contributed by atoms with E-state index in [1.54, 1.807) is 19.5 Å². The van der Waals surface area contributed by atoms with E-state index in [0.717, 1.165) is 31.8 Å². The second-order valence-corrected chi connectivity index (χ2v) is 5.74. The van der Waals surface area contributed by atoms with Crippen LogP contribution in [0.25, 0.3) is 0 Å². The molecular formula is C17H24N4O3. The van der Waals surface area contributed by atoms with E-state index in [2.05, 4.69) is 38.8 Å². The lowest BCUT2D eigenvalue weighted by atomic mass is 9.93. The third-order valence-electron chi connectivity index (χ3n) is 4.01. The number of nitrogens with one attached hydrogen (secondary N) is 2. The lowest BCUT2D eigenvalue weighted by Gasteiger charge is -2.30. The molecule has 24 heavy (non-hydrogen) atoms. The minimum atomic E-state index is 0.257. The summed E-state index contributed by atoms with van der Waals surface area (Å²) in [4.78, 5) is 8.53. The monoisotopic (exact) mass is 332 g/mol. The van der Waals surface area contributed by atoms with Gasteiger partial charge in [0.1, 0.15) is 6.61 Å². The summed E-state index contributed by atoms with van der Waals surface area (Å²) >= 11 is 0. The predicted octanol–water partition coefficient (Wildman–Crippen LogP) is 1.36. The Kier molecular flexibility index (Phi) is 6.17. The number of hydrogen-bond donors (Lipinski definition) is 2. The molecule has 0 saturated carbocycles. The van der Waals surface area contributed by atoms with Crippen LogP contribution in [0.3, 0.4) is 0 Å². The fourth-order valence-corrected chi connectivity index (χ4v) is 2.69. The first-order valence-corrected chi connectivity index (χ1v) is 8.26. The molecule has 7 nitrogen and oxygen atoms in total. The number of allylic oxidation sites excluding steroid dienone is 2. The number of aromatic nitrogens is 2. The van der Waals surface area contributed by atoms with Crippen LogP contribution in [0, 0.1) is 5.92 Å². The standard InChI is InChI=1S/C17H24N4O3/c1-22-8-9-23-15-10-19-17(20-11-15)21-14-4-2-13(3-5-14)16-12-18-6-7-24-16/h2,4-5,10-11,13,16,18H,3,6-9,12H2,1H3,(H,19,20,21)/t13?,16-/m1/s1. The highest BCUT2D eigenvalue weighted by atomic mass is 16.5. The molecule has 2 N–H and O–H groups in total. The van der Waals surface area contributed by atoms with Crippen LogP contribution in [0.5, 0.6) is 5.75 Å². The maximum absolute atomic E-state index is 5.81. The summed E-state index contributed by atoms with van der Waals surface area (Å²) in [6.45, 7) is 3.67. The Morgan fingerprint density at radius 1 is 1.33 bits per heavy atom. The predicted molar refractivity (Wildman–Crippen MR) is 91.0 cm³/mol. The van der Waals surface area contributed by atoms with Crippen molar-refractivity contribution in [1.82, 2.24) is 15.3 Å². The Balaban J connectivity index is 1.48. The van der Waals surface area contributed by atoms with E-state index in [0.29, 0.717) is 30.8 Å². The molecule has 2 heterocycles. The number of hydrogen-bond acceptors (Lipinski definition) is 7. The molecule has 1 aromatic heterocycles. The minimum absolute atomic E-state index is 0.257. The van der Waals surface area contributed by atoms with Gasteiger partial charge in [-0.3, -0.25) is 0 Å². The summed E-state index contributed by atoms with van der Waals surface area (Å²) in [5.41, 5.74) is 1.00. The molecular weight excluding hydrogens is 308 g/mol. The summed E-state index contributed by atoms with van der Waals surface area (Å²) in [7, 11) is 1.64. The molecule has 0 aromatic carbocycles. The van der Waals surface area contributed by atoms with Gasteiger partial charge in [0.05, 0.1) is 31.7 Å². The van der Waals surface area contributed by atoms with Crippen molar-refractivity contribution in [1.29, 1.82) is 0 Å². The van der Waals surface area contributed by atoms with Gasteiger partial charge in [0.15, 0.2) is 5.75 Å². The first-order chi connectivity index (χ1) is 11.8. The number of anilines is 1. The highest BCUT2D eigenvalue weighted by molar-refractivity contribution is 5.41. The Morgan fingerprint density at radius 2 is 2.21 bits per heavy atom. The fraction of sp³-hybridized carbons (Fsp3) is 0.529. The first kappa shape index (κ1) is 16.9. The topological polar surface area (TPSA) is 77.5 Å². The average molecular weight is 332 g/mol. The first-order valence-electron chi connectivity index (χ1n) is 8.26. The van der Waals surface area contributed by atoms with Gasteiger partial charge in [0.2, 0.25) is 5.95 Å². The highest BCUT2D eigenvalue weighted by Gasteiger charge is 2.23. The Hall–Kier alpha value is -1.96. The van der Waals surface area contributed by atoms with Gasteiger partial charge >= 0.3 is 0 Å². The average Bonchev–Trinajstić information content (AvgIpc) is 2.65. The van der Waals surface area contributed by atoms with Gasteiger partial charge in [-0.15, -0.1) is 0 Å². The van der Waals surface area contributed by atoms with Gasteiger partial charge in [-0.2, -0.15) is 0 Å². The molecule has 0 spiro atoms. The largest absolute Gasteiger partial charge is 0.488 e. The quantitative estimate of drug-likeness (QED) is 0.730. The second-order valence-electron chi connectivity index (χ2n) is 5.74. The lowest BCUT2D eigenvalue weighted by molar-refractivity contribution is 0.00355. The molecule has 3 rings (SSSR count). The van der Waals surface area contributed by atoms with E-state index < -0.39 is 0 Å². The molecule has 7 heteroatoms. The summed E-state index contributed by atoms with van der Waals surface area (Å²) in [5, 5.41) is 6.59. The molecule has 1 aromatic rings. The van der Waals surface area contributed by atoms with E-state index in [9.17, 15) is 0 Å². The van der Waals surface area contributed by atoms with Crippen molar-refractivity contribution in [2.75, 3.05) is 45.3 Å². The van der Waals surface area contributed by atoms with Crippen LogP contribution in [0.4, 0.5) is 5.95 Å². The highest BCUT2D eigenvalue weighted by Crippen LogP contribution is 2.23. The van der Waals surface area contributed by atoms with Crippen LogP contribution in [-0.4, -0.2) is 56.1 Å². The van der Waals surface area contributed by atoms with Crippen molar-refractivity contribution in [2.24, 2.45) is 5.92 Å². The van der Waals surface area contributed by atoms with E-state index >= 15 is 0 Å². The van der Waals surface area contributed by atoms with E-state index in [1.807, 2.05) is 0 Å². The van der Waals surface area contributed by atoms with Crippen molar-refractivity contribution in [3.8, 4) is 5.75 Å². The molecule has 1 saturated heterocycles. The van der Waals surface area contributed by atoms with Gasteiger partial charge in [-0.1, -0.05) is 12.2 Å². The van der Waals surface area contributed by atoms with Crippen LogP contribution < -0.4 is 15.4 Å². The van der Waals surface area contributed by atoms with E-state index in [4.69, 9.17) is 14.2 Å². The summed E-state index contributed by atoms with van der Waals surface area (Å²) in [6, 6.07) is 0. The van der Waals surface area contributed by atoms with Crippen molar-refractivity contribution in [3.05, 3.63) is 36.3 Å². The van der Waals surface area contributed by atoms with Crippen LogP contribution in [-0.2, 0) is 9.47 Å². The smallest absolute Gasteiger partial charge is 0.227 e. The molecule has 2 atom stereocenters. The SMILES string of the molecule is COCCOc1cnc(NC2=CCC([C@H]3CNCCO3)C=C2)nc1. The van der Waals surface area contributed by atoms with Crippen molar-refractivity contribution < 1.29 is 14.2 Å². The zero-order chi connectivity index (χ0) is 16.6. The molecule has 1 aliphatic heterocycles. The van der Waals surface area contributed by atoms with Gasteiger partial charge in [0.25, 0.3) is 0 Å². The van der Waals surface area contributed by atoms with Gasteiger partial charge < -0.3 is 24.8 Å². The normalized spacial score (nSPS) is 23.6. The van der Waals surface area contributed by atoms with Crippen molar-refractivity contribution >= 4 is 5.95 Å². The zero-order valence-electron chi connectivity index (χ0n) is 13.9. The van der Waals surface area contributed by atoms with Crippen molar-refractivity contribution in [3.63, 3.8) is 0 Å². The Morgan fingerprint density at radius 3 is 2.88 bits per heavy atom. The molecule has 0 radical (unpaired) electrons. The maximum Gasteiger partial charge on any atom is 0.227 e. The summed E-state index contributed by atoms with van der Waals surface area (Å²) < 4.78 is 16.2. The van der Waals surface area contributed by atoms with Crippen LogP contribution in [0.15, 0.2) is 36.3 Å². The third kappa shape index (κ3) is 4.77. The fourth-order valence-electron chi connectivity index (χ4n) is 2.69. The van der Waals surface area contributed by atoms with E-state index in [1.165, 1.54) is 0 Å². The lowest BCUT2D eigenvalue weighted by Crippen LogP contribution is -2.42. The number of rotatable bonds is 7. The van der Waals surface area contributed by atoms with E-state index in [-0.39, 0.29) is 6.10 Å². The zero-order valence-corrected chi connectivity index (χ0v) is 13.9. The van der Waals surface area contributed by atoms with Gasteiger partial charge in [-0.25, -0.2) is 9.97 Å². The molecule has 1 fully saturated rings. The van der Waals surface area contributed by atoms with Crippen LogP contribution >= 0.6 is 0 Å². The Labute approximate surface area is 142 Å². The maximum atomic E-state index is 5.81. The second kappa shape index (κ2) is 8.77. The molecule has 130 valence electrons. The van der Waals surface area contributed by atoms with Crippen LogP contribution in [0.2, 0.25) is 0 Å². The number of ether oxygens (including phenoxy) is 3. The molecule has 2 aliphatic rings. The minimum Gasteiger partial charge on any atom is -0.488 e. The Bertz CT molecular complexity index is 568. The summed E-state index contributed by atoms with van der Waals surface area (Å²) in [6.07, 6.45) is 10.9. The van der Waals surface area contributed by atoms with Gasteiger partial charge in [-0.05, 0) is 12.5 Å². The molecule has 1 unspecified atom stereocenters. The summed E-state index contributed by atoms with van der Waals surface area (Å²) in [5.74, 6) is 1.60. The molecule has 0 bridgehead atoms. The van der Waals surface area contributed by atoms with Gasteiger partial charge in [0, 0.05) is 31.8 Å². The number of nitrogens with zero attached hydrogens (tertiary/aromatic N) is 2. The molecule has 0 amide bonds. The van der Waals surface area contributed by atoms with Crippen LogP contribution in [0.1, 0.15) is 6.42 Å². The van der Waals surface area contributed by atoms with Crippen molar-refractivity contribution in [2.45, 2.75) is 12.5 Å².